The number of aliphatic hydroxyl groups excluding tert-OH is 1. The molecule has 112 valence electrons. The fourth-order valence-corrected chi connectivity index (χ4v) is 2.51. The Kier molecular flexibility index (Phi) is 5.02. The third-order valence-electron chi connectivity index (χ3n) is 4.10. The van der Waals surface area contributed by atoms with Gasteiger partial charge >= 0.3 is 0 Å². The lowest BCUT2D eigenvalue weighted by molar-refractivity contribution is -0.108. The van der Waals surface area contributed by atoms with Crippen molar-refractivity contribution in [3.63, 3.8) is 0 Å². The van der Waals surface area contributed by atoms with Gasteiger partial charge in [-0.25, -0.2) is 0 Å². The number of rotatable bonds is 5. The van der Waals surface area contributed by atoms with Crippen molar-refractivity contribution in [2.75, 3.05) is 26.2 Å². The first-order valence-electron chi connectivity index (χ1n) is 7.36. The van der Waals surface area contributed by atoms with E-state index in [4.69, 9.17) is 4.74 Å². The van der Waals surface area contributed by atoms with Crippen molar-refractivity contribution < 1.29 is 14.9 Å². The Morgan fingerprint density at radius 2 is 2.15 bits per heavy atom. The third-order valence-corrected chi connectivity index (χ3v) is 4.10. The molecular weight excluding hydrogens is 254 g/mol. The van der Waals surface area contributed by atoms with Crippen molar-refractivity contribution in [2.45, 2.75) is 38.4 Å². The molecule has 1 aliphatic rings. The molecular formula is C16H25NO3. The highest BCUT2D eigenvalue weighted by molar-refractivity contribution is 5.33. The zero-order chi connectivity index (χ0) is 14.6. The van der Waals surface area contributed by atoms with Crippen molar-refractivity contribution in [3.05, 3.63) is 29.8 Å². The van der Waals surface area contributed by atoms with E-state index >= 15 is 0 Å². The predicted molar refractivity (Wildman–Crippen MR) is 79.0 cm³/mol. The van der Waals surface area contributed by atoms with E-state index in [0.29, 0.717) is 19.6 Å². The Labute approximate surface area is 121 Å². The minimum absolute atomic E-state index is 0.506. The zero-order valence-electron chi connectivity index (χ0n) is 12.4. The number of β-amino-alcohol motifs (C(OH)–C–C–N with tert-alkyl or cyclic N) is 1. The van der Waals surface area contributed by atoms with Crippen molar-refractivity contribution in [1.29, 1.82) is 0 Å². The maximum atomic E-state index is 9.92. The Morgan fingerprint density at radius 3 is 2.85 bits per heavy atom. The molecule has 2 atom stereocenters. The minimum Gasteiger partial charge on any atom is -0.492 e. The van der Waals surface area contributed by atoms with Crippen LogP contribution in [-0.2, 0) is 6.42 Å². The van der Waals surface area contributed by atoms with E-state index < -0.39 is 11.7 Å². The van der Waals surface area contributed by atoms with E-state index in [1.807, 2.05) is 18.2 Å². The zero-order valence-corrected chi connectivity index (χ0v) is 12.4. The number of aliphatic hydroxyl groups is 2. The molecule has 0 unspecified atom stereocenters. The van der Waals surface area contributed by atoms with Crippen LogP contribution in [0.25, 0.3) is 0 Å². The van der Waals surface area contributed by atoms with Gasteiger partial charge in [-0.05, 0) is 31.4 Å². The Bertz CT molecular complexity index is 433. The fourth-order valence-electron chi connectivity index (χ4n) is 2.51. The lowest BCUT2D eigenvalue weighted by Gasteiger charge is -2.39. The number of ether oxygens (including phenoxy) is 1. The second kappa shape index (κ2) is 6.57. The van der Waals surface area contributed by atoms with Crippen LogP contribution >= 0.6 is 0 Å². The molecule has 0 aromatic heterocycles. The highest BCUT2D eigenvalue weighted by Crippen LogP contribution is 2.22. The average molecular weight is 279 g/mol. The van der Waals surface area contributed by atoms with Crippen molar-refractivity contribution in [2.24, 2.45) is 0 Å². The molecule has 1 aromatic rings. The predicted octanol–water partition coefficient (Wildman–Crippen LogP) is 1.45. The Balaban J connectivity index is 1.79. The van der Waals surface area contributed by atoms with Crippen LogP contribution < -0.4 is 4.74 Å². The smallest absolute Gasteiger partial charge is 0.122 e. The van der Waals surface area contributed by atoms with Gasteiger partial charge in [-0.1, -0.05) is 25.1 Å². The van der Waals surface area contributed by atoms with Crippen molar-refractivity contribution in [1.82, 2.24) is 4.90 Å². The monoisotopic (exact) mass is 279 g/mol. The number of piperidine rings is 1. The highest BCUT2D eigenvalue weighted by Gasteiger charge is 2.35. The number of hydrogen-bond donors (Lipinski definition) is 2. The molecule has 1 aliphatic heterocycles. The van der Waals surface area contributed by atoms with Crippen LogP contribution in [-0.4, -0.2) is 53.1 Å². The number of hydrogen-bond acceptors (Lipinski definition) is 4. The maximum absolute atomic E-state index is 9.92. The van der Waals surface area contributed by atoms with Gasteiger partial charge in [0.25, 0.3) is 0 Å². The summed E-state index contributed by atoms with van der Waals surface area (Å²) < 4.78 is 5.83. The Morgan fingerprint density at radius 1 is 1.40 bits per heavy atom. The molecule has 1 fully saturated rings. The molecule has 1 heterocycles. The molecule has 0 spiro atoms. The van der Waals surface area contributed by atoms with Crippen LogP contribution in [0.5, 0.6) is 5.75 Å². The fraction of sp³-hybridized carbons (Fsp3) is 0.625. The average Bonchev–Trinajstić information content (AvgIpc) is 2.43. The minimum atomic E-state index is -0.952. The van der Waals surface area contributed by atoms with Crippen LogP contribution in [0, 0.1) is 0 Å². The number of benzene rings is 1. The second-order valence-corrected chi connectivity index (χ2v) is 5.73. The molecule has 0 saturated carbocycles. The largest absolute Gasteiger partial charge is 0.492 e. The first-order chi connectivity index (χ1) is 9.53. The van der Waals surface area contributed by atoms with E-state index in [1.54, 1.807) is 6.92 Å². The van der Waals surface area contributed by atoms with Gasteiger partial charge in [0.15, 0.2) is 0 Å². The van der Waals surface area contributed by atoms with Crippen LogP contribution in [0.15, 0.2) is 24.3 Å². The van der Waals surface area contributed by atoms with Gasteiger partial charge in [0.1, 0.15) is 12.4 Å². The van der Waals surface area contributed by atoms with E-state index in [-0.39, 0.29) is 0 Å². The van der Waals surface area contributed by atoms with Crippen molar-refractivity contribution in [3.8, 4) is 5.75 Å². The van der Waals surface area contributed by atoms with Crippen LogP contribution in [0.1, 0.15) is 25.8 Å². The summed E-state index contributed by atoms with van der Waals surface area (Å²) in [6.07, 6.45) is 0.875. The number of aryl methyl sites for hydroxylation is 1. The molecule has 20 heavy (non-hydrogen) atoms. The SMILES string of the molecule is CCc1ccccc1OCCN1CC[C@@](C)(O)[C@H](O)C1. The molecule has 4 heteroatoms. The van der Waals surface area contributed by atoms with Gasteiger partial charge in [-0.2, -0.15) is 0 Å². The van der Waals surface area contributed by atoms with E-state index in [2.05, 4.69) is 17.9 Å². The van der Waals surface area contributed by atoms with E-state index in [0.717, 1.165) is 25.3 Å². The van der Waals surface area contributed by atoms with Gasteiger partial charge < -0.3 is 14.9 Å². The maximum Gasteiger partial charge on any atom is 0.122 e. The molecule has 2 rings (SSSR count). The van der Waals surface area contributed by atoms with Gasteiger partial charge in [0, 0.05) is 19.6 Å². The molecule has 2 N–H and O–H groups in total. The van der Waals surface area contributed by atoms with Crippen molar-refractivity contribution >= 4 is 0 Å². The van der Waals surface area contributed by atoms with E-state index in [9.17, 15) is 10.2 Å². The van der Waals surface area contributed by atoms with Gasteiger partial charge in [0.05, 0.1) is 11.7 Å². The Hall–Kier alpha value is -1.10. The van der Waals surface area contributed by atoms with Crippen LogP contribution in [0.3, 0.4) is 0 Å². The summed E-state index contributed by atoms with van der Waals surface area (Å²) in [5, 5.41) is 19.8. The summed E-state index contributed by atoms with van der Waals surface area (Å²) in [4.78, 5) is 2.14. The standard InChI is InChI=1S/C16H25NO3/c1-3-13-6-4-5-7-14(13)20-11-10-17-9-8-16(2,19)15(18)12-17/h4-7,15,18-19H,3,8-12H2,1-2H3/t15-,16-/m1/s1. The van der Waals surface area contributed by atoms with Gasteiger partial charge in [0.2, 0.25) is 0 Å². The normalized spacial score (nSPS) is 27.5. The summed E-state index contributed by atoms with van der Waals surface area (Å²) in [5.74, 6) is 0.944. The van der Waals surface area contributed by atoms with Gasteiger partial charge in [-0.15, -0.1) is 0 Å². The molecule has 0 radical (unpaired) electrons. The summed E-state index contributed by atoms with van der Waals surface area (Å²) >= 11 is 0. The highest BCUT2D eigenvalue weighted by atomic mass is 16.5. The number of para-hydroxylation sites is 1. The van der Waals surface area contributed by atoms with Crippen LogP contribution in [0.2, 0.25) is 0 Å². The molecule has 4 nitrogen and oxygen atoms in total. The lowest BCUT2D eigenvalue weighted by atomic mass is 9.91. The molecule has 1 saturated heterocycles. The molecule has 0 bridgehead atoms. The second-order valence-electron chi connectivity index (χ2n) is 5.73. The number of nitrogens with zero attached hydrogens (tertiary/aromatic N) is 1. The van der Waals surface area contributed by atoms with Crippen LogP contribution in [0.4, 0.5) is 0 Å². The third kappa shape index (κ3) is 3.72. The first-order valence-corrected chi connectivity index (χ1v) is 7.36. The first kappa shape index (κ1) is 15.3. The quantitative estimate of drug-likeness (QED) is 0.856. The number of likely N-dealkylation sites (tertiary alicyclic amines) is 1. The summed E-state index contributed by atoms with van der Waals surface area (Å²) in [6.45, 7) is 6.49. The topological polar surface area (TPSA) is 52.9 Å². The summed E-state index contributed by atoms with van der Waals surface area (Å²) in [6, 6.07) is 8.08. The summed E-state index contributed by atoms with van der Waals surface area (Å²) in [5.41, 5.74) is 0.265. The molecule has 1 aromatic carbocycles. The van der Waals surface area contributed by atoms with Gasteiger partial charge in [-0.3, -0.25) is 4.90 Å². The van der Waals surface area contributed by atoms with E-state index in [1.165, 1.54) is 5.56 Å². The lowest BCUT2D eigenvalue weighted by Crippen LogP contribution is -2.54. The molecule has 0 amide bonds. The summed E-state index contributed by atoms with van der Waals surface area (Å²) in [7, 11) is 0. The molecule has 0 aliphatic carbocycles.